The van der Waals surface area contributed by atoms with Gasteiger partial charge >= 0.3 is 23.9 Å². The molecule has 268 valence electrons. The zero-order chi connectivity index (χ0) is 35.8. The Labute approximate surface area is 285 Å². The fourth-order valence-electron chi connectivity index (χ4n) is 12.7. The van der Waals surface area contributed by atoms with E-state index in [0.29, 0.717) is 6.42 Å². The molecule has 19 atom stereocenters. The van der Waals surface area contributed by atoms with E-state index in [1.165, 1.54) is 27.7 Å². The predicted octanol–water partition coefficient (Wildman–Crippen LogP) is 2.19. The summed E-state index contributed by atoms with van der Waals surface area (Å²) in [4.78, 5) is 66.2. The lowest BCUT2D eigenvalue weighted by Crippen LogP contribution is -2.73. The van der Waals surface area contributed by atoms with Crippen molar-refractivity contribution < 1.29 is 58.2 Å². The first-order valence-electron chi connectivity index (χ1n) is 17.1. The zero-order valence-corrected chi connectivity index (χ0v) is 29.7. The van der Waals surface area contributed by atoms with Gasteiger partial charge in [0.05, 0.1) is 16.9 Å². The maximum absolute atomic E-state index is 14.4. The van der Waals surface area contributed by atoms with E-state index in [0.717, 1.165) is 0 Å². The first-order valence-corrected chi connectivity index (χ1v) is 17.5. The Hall–Kier alpha value is -2.28. The van der Waals surface area contributed by atoms with Crippen LogP contribution < -0.4 is 0 Å². The summed E-state index contributed by atoms with van der Waals surface area (Å²) < 4.78 is 24.2. The highest BCUT2D eigenvalue weighted by molar-refractivity contribution is 6.21. The van der Waals surface area contributed by atoms with Crippen molar-refractivity contribution in [2.24, 2.45) is 63.6 Å². The largest absolute Gasteiger partial charge is 0.462 e. The Kier molecular flexibility index (Phi) is 8.23. The Morgan fingerprint density at radius 3 is 1.94 bits per heavy atom. The van der Waals surface area contributed by atoms with Gasteiger partial charge in [-0.15, -0.1) is 11.6 Å². The number of esters is 4. The van der Waals surface area contributed by atoms with E-state index in [9.17, 15) is 39.3 Å². The van der Waals surface area contributed by atoms with Crippen molar-refractivity contribution >= 4 is 41.3 Å². The highest BCUT2D eigenvalue weighted by Gasteiger charge is 2.82. The minimum Gasteiger partial charge on any atom is -0.462 e. The summed E-state index contributed by atoms with van der Waals surface area (Å²) in [7, 11) is 0. The molecule has 0 amide bonds. The topological polar surface area (TPSA) is 183 Å². The number of ketones is 1. The molecule has 0 bridgehead atoms. The van der Waals surface area contributed by atoms with Gasteiger partial charge in [0, 0.05) is 55.3 Å². The van der Waals surface area contributed by atoms with Gasteiger partial charge in [0.25, 0.3) is 0 Å². The summed E-state index contributed by atoms with van der Waals surface area (Å²) in [5, 5.41) is 34.0. The molecule has 12 nitrogen and oxygen atoms in total. The number of Topliss-reactive ketones (excluding diaryl/α,β-unsaturated/α-hetero) is 1. The molecule has 1 heterocycles. The second kappa shape index (κ2) is 11.1. The lowest BCUT2D eigenvalue weighted by atomic mass is 9.39. The molecule has 13 heteroatoms. The summed E-state index contributed by atoms with van der Waals surface area (Å²) in [5.41, 5.74) is -5.55. The number of aliphatic hydroxyl groups excluding tert-OH is 2. The highest BCUT2D eigenvalue weighted by atomic mass is 35.5. The van der Waals surface area contributed by atoms with E-state index in [1.807, 2.05) is 20.8 Å². The number of carbonyl (C=O) groups is 5. The van der Waals surface area contributed by atoms with Crippen LogP contribution in [0, 0.1) is 63.6 Å². The second-order valence-corrected chi connectivity index (χ2v) is 17.0. The molecule has 0 aromatic heterocycles. The molecule has 48 heavy (non-hydrogen) atoms. The SMILES string of the molecule is CC(=O)O[C@@H]1[C@H]2[C@H]3[C@H]([C@H](C)[C@H](OC(C)=O)[C@]2(C)[C@@H]2[C@@H]1[C@]1(C)C(C[C@H]2C)OC(=O)[C@@]1(C)O)[C@]1(C)[C@H](C[C@@H](O)[C@H](Cl)[C@@H]1OC(C)=O)C(=O)[C@@H]3O. The van der Waals surface area contributed by atoms with Crippen molar-refractivity contribution in [3.05, 3.63) is 0 Å². The number of carbonyl (C=O) groups excluding carboxylic acids is 5. The molecule has 5 saturated carbocycles. The van der Waals surface area contributed by atoms with Crippen LogP contribution in [-0.4, -0.2) is 92.6 Å². The first-order chi connectivity index (χ1) is 22.1. The summed E-state index contributed by atoms with van der Waals surface area (Å²) in [6.07, 6.45) is -6.29. The quantitative estimate of drug-likeness (QED) is 0.223. The molecule has 0 aromatic carbocycles. The lowest BCUT2D eigenvalue weighted by Gasteiger charge is -2.67. The molecule has 3 N–H and O–H groups in total. The third-order valence-corrected chi connectivity index (χ3v) is 14.9. The average Bonchev–Trinajstić information content (AvgIpc) is 3.33. The van der Waals surface area contributed by atoms with Crippen LogP contribution in [0.1, 0.15) is 75.2 Å². The zero-order valence-electron chi connectivity index (χ0n) is 29.0. The van der Waals surface area contributed by atoms with E-state index in [-0.39, 0.29) is 12.3 Å². The van der Waals surface area contributed by atoms with Gasteiger partial charge in [-0.25, -0.2) is 4.79 Å². The minimum atomic E-state index is -1.98. The molecule has 0 radical (unpaired) electrons. The first kappa shape index (κ1) is 35.5. The molecule has 0 aromatic rings. The van der Waals surface area contributed by atoms with Crippen LogP contribution >= 0.6 is 11.6 Å². The maximum Gasteiger partial charge on any atom is 0.338 e. The molecular weight excluding hydrogens is 648 g/mol. The van der Waals surface area contributed by atoms with Crippen LogP contribution in [0.25, 0.3) is 0 Å². The Balaban J connectivity index is 1.64. The number of alkyl halides is 1. The monoisotopic (exact) mass is 696 g/mol. The number of fused-ring (bicyclic) bond motifs is 9. The van der Waals surface area contributed by atoms with Gasteiger partial charge in [0.1, 0.15) is 30.5 Å². The average molecular weight is 697 g/mol. The summed E-state index contributed by atoms with van der Waals surface area (Å²) in [6.45, 7) is 14.6. The predicted molar refractivity (Wildman–Crippen MR) is 167 cm³/mol. The number of rotatable bonds is 3. The van der Waals surface area contributed by atoms with Crippen molar-refractivity contribution in [3.8, 4) is 0 Å². The van der Waals surface area contributed by atoms with Gasteiger partial charge < -0.3 is 34.3 Å². The summed E-state index contributed by atoms with van der Waals surface area (Å²) >= 11 is 6.82. The molecule has 0 spiro atoms. The van der Waals surface area contributed by atoms with Crippen LogP contribution in [0.15, 0.2) is 0 Å². The van der Waals surface area contributed by atoms with Crippen LogP contribution in [0.3, 0.4) is 0 Å². The maximum atomic E-state index is 14.4. The van der Waals surface area contributed by atoms with Crippen molar-refractivity contribution in [1.29, 1.82) is 0 Å². The van der Waals surface area contributed by atoms with Crippen LogP contribution in [0.2, 0.25) is 0 Å². The third kappa shape index (κ3) is 4.27. The summed E-state index contributed by atoms with van der Waals surface area (Å²) in [6, 6.07) is 0. The summed E-state index contributed by atoms with van der Waals surface area (Å²) in [5.74, 6) is -8.52. The lowest BCUT2D eigenvalue weighted by molar-refractivity contribution is -0.259. The second-order valence-electron chi connectivity index (χ2n) is 16.5. The normalized spacial score (nSPS) is 55.2. The fraction of sp³-hybridized carbons (Fsp3) is 0.857. The van der Waals surface area contributed by atoms with Crippen LogP contribution in [0.4, 0.5) is 0 Å². The molecule has 6 aliphatic rings. The number of ether oxygens (including phenoxy) is 4. The molecule has 1 aliphatic heterocycles. The van der Waals surface area contributed by atoms with Gasteiger partial charge in [-0.05, 0) is 43.4 Å². The van der Waals surface area contributed by atoms with E-state index in [1.54, 1.807) is 13.8 Å². The fourth-order valence-corrected chi connectivity index (χ4v) is 13.2. The standard InChI is InChI=1S/C35H49ClO12/c1-12-10-19-34(8,35(9,44)31(43)48-19)24-21(12)33(7)23(28(24)45-14(3)37)20-22(13(2)29(33)46-15(4)38)32(6)17(26(41)27(20)42)11-18(40)25(36)30(32)47-16(5)39/h12-13,17-25,27-30,40,42,44H,10-11H2,1-9H3/t12-,13+,17-,18-,19?,20-,21+,22+,23-,24+,25+,27-,28-,29+,30+,32+,33-,34+,35-/m1/s1. The van der Waals surface area contributed by atoms with Crippen molar-refractivity contribution in [2.45, 2.75) is 123 Å². The molecule has 5 aliphatic carbocycles. The van der Waals surface area contributed by atoms with Gasteiger partial charge in [0.2, 0.25) is 0 Å². The third-order valence-electron chi connectivity index (χ3n) is 14.4. The van der Waals surface area contributed by atoms with Crippen molar-refractivity contribution in [1.82, 2.24) is 0 Å². The number of halogens is 1. The van der Waals surface area contributed by atoms with Crippen molar-refractivity contribution in [3.63, 3.8) is 0 Å². The molecule has 6 fully saturated rings. The molecule has 1 saturated heterocycles. The van der Waals surface area contributed by atoms with E-state index < -0.39 is 135 Å². The number of hydrogen-bond acceptors (Lipinski definition) is 12. The Morgan fingerprint density at radius 2 is 1.38 bits per heavy atom. The van der Waals surface area contributed by atoms with Crippen LogP contribution in [-0.2, 0) is 42.9 Å². The Bertz CT molecular complexity index is 1430. The van der Waals surface area contributed by atoms with E-state index >= 15 is 0 Å². The smallest absolute Gasteiger partial charge is 0.338 e. The minimum absolute atomic E-state index is 0.0772. The highest BCUT2D eigenvalue weighted by Crippen LogP contribution is 2.76. The van der Waals surface area contributed by atoms with E-state index in [2.05, 4.69) is 0 Å². The van der Waals surface area contributed by atoms with E-state index in [4.69, 9.17) is 30.5 Å². The van der Waals surface area contributed by atoms with Crippen molar-refractivity contribution in [2.75, 3.05) is 0 Å². The molecule has 1 unspecified atom stereocenters. The van der Waals surface area contributed by atoms with Gasteiger partial charge in [0.15, 0.2) is 11.4 Å². The Morgan fingerprint density at radius 1 is 0.812 bits per heavy atom. The van der Waals surface area contributed by atoms with Gasteiger partial charge in [-0.1, -0.05) is 34.6 Å². The number of aliphatic hydroxyl groups is 3. The molecular formula is C35H49ClO12. The number of hydrogen-bond donors (Lipinski definition) is 3. The molecule has 6 rings (SSSR count). The van der Waals surface area contributed by atoms with Gasteiger partial charge in [-0.3, -0.25) is 19.2 Å². The van der Waals surface area contributed by atoms with Crippen LogP contribution in [0.5, 0.6) is 0 Å². The van der Waals surface area contributed by atoms with Gasteiger partial charge in [-0.2, -0.15) is 0 Å².